The Hall–Kier alpha value is -1.14. The van der Waals surface area contributed by atoms with E-state index in [2.05, 4.69) is 11.8 Å². The van der Waals surface area contributed by atoms with Gasteiger partial charge in [0.2, 0.25) is 5.91 Å². The number of epoxide rings is 1. The van der Waals surface area contributed by atoms with Crippen molar-refractivity contribution in [2.75, 3.05) is 39.3 Å². The Labute approximate surface area is 161 Å². The van der Waals surface area contributed by atoms with Crippen molar-refractivity contribution in [3.63, 3.8) is 0 Å². The number of nitrogens with zero attached hydrogens (tertiary/aromatic N) is 2. The Kier molecular flexibility index (Phi) is 4.10. The van der Waals surface area contributed by atoms with Crippen molar-refractivity contribution >= 4 is 11.9 Å². The number of esters is 1. The predicted molar refractivity (Wildman–Crippen MR) is 98.9 cm³/mol. The van der Waals surface area contributed by atoms with Crippen LogP contribution in [0.15, 0.2) is 0 Å². The van der Waals surface area contributed by atoms with E-state index in [0.29, 0.717) is 11.8 Å². The Morgan fingerprint density at radius 1 is 1.22 bits per heavy atom. The van der Waals surface area contributed by atoms with Crippen LogP contribution in [-0.2, 0) is 19.1 Å². The minimum absolute atomic E-state index is 0.00649. The van der Waals surface area contributed by atoms with Gasteiger partial charge in [0.05, 0.1) is 18.1 Å². The molecule has 0 N–H and O–H groups in total. The van der Waals surface area contributed by atoms with Gasteiger partial charge in [-0.05, 0) is 43.4 Å². The maximum Gasteiger partial charge on any atom is 0.310 e. The molecule has 0 aromatic rings. The molecule has 0 aromatic heterocycles. The number of piperazine rings is 1. The van der Waals surface area contributed by atoms with Crippen molar-refractivity contribution in [1.82, 2.24) is 9.80 Å². The molecule has 3 aliphatic heterocycles. The first kappa shape index (κ1) is 17.9. The Morgan fingerprint density at radius 3 is 2.63 bits per heavy atom. The van der Waals surface area contributed by atoms with E-state index < -0.39 is 0 Å². The van der Waals surface area contributed by atoms with E-state index in [-0.39, 0.29) is 34.9 Å². The Balaban J connectivity index is 1.28. The second kappa shape index (κ2) is 6.18. The molecule has 2 aliphatic carbocycles. The van der Waals surface area contributed by atoms with Crippen LogP contribution >= 0.6 is 0 Å². The average molecular weight is 376 g/mol. The fraction of sp³-hybridized carbons (Fsp3) is 0.905. The highest BCUT2D eigenvalue weighted by molar-refractivity contribution is 5.76. The molecule has 6 atom stereocenters. The van der Waals surface area contributed by atoms with E-state index in [1.807, 2.05) is 4.90 Å². The fourth-order valence-corrected chi connectivity index (χ4v) is 6.69. The fourth-order valence-electron chi connectivity index (χ4n) is 6.69. The first-order valence-corrected chi connectivity index (χ1v) is 10.7. The van der Waals surface area contributed by atoms with Crippen molar-refractivity contribution in [1.29, 1.82) is 0 Å². The molecule has 27 heavy (non-hydrogen) atoms. The van der Waals surface area contributed by atoms with Crippen molar-refractivity contribution in [3.05, 3.63) is 0 Å². The van der Waals surface area contributed by atoms with Crippen molar-refractivity contribution in [2.45, 2.75) is 57.7 Å². The molecule has 6 heteroatoms. The highest BCUT2D eigenvalue weighted by atomic mass is 16.6. The van der Waals surface area contributed by atoms with Crippen LogP contribution in [0.4, 0.5) is 0 Å². The third-order valence-electron chi connectivity index (χ3n) is 8.35. The van der Waals surface area contributed by atoms with Crippen LogP contribution in [0.5, 0.6) is 0 Å². The molecule has 5 aliphatic rings. The molecular formula is C21H32N2O4. The molecule has 5 rings (SSSR count). The first-order valence-electron chi connectivity index (χ1n) is 10.7. The van der Waals surface area contributed by atoms with Gasteiger partial charge in [-0.3, -0.25) is 14.5 Å². The summed E-state index contributed by atoms with van der Waals surface area (Å²) in [5.41, 5.74) is 0.374. The third-order valence-corrected chi connectivity index (χ3v) is 8.35. The lowest BCUT2D eigenvalue weighted by atomic mass is 9.53. The zero-order chi connectivity index (χ0) is 18.8. The van der Waals surface area contributed by atoms with Crippen LogP contribution in [-0.4, -0.2) is 72.7 Å². The summed E-state index contributed by atoms with van der Waals surface area (Å²) in [5, 5.41) is 0. The average Bonchev–Trinajstić information content (AvgIpc) is 3.33. The van der Waals surface area contributed by atoms with Gasteiger partial charge < -0.3 is 14.4 Å². The molecule has 150 valence electrons. The van der Waals surface area contributed by atoms with Gasteiger partial charge in [-0.15, -0.1) is 0 Å². The third kappa shape index (κ3) is 2.91. The zero-order valence-electron chi connectivity index (χ0n) is 16.6. The lowest BCUT2D eigenvalue weighted by molar-refractivity contribution is -0.147. The normalized spacial score (nSPS) is 46.7. The number of hydrogen-bond donors (Lipinski definition) is 0. The molecular weight excluding hydrogens is 344 g/mol. The Morgan fingerprint density at radius 2 is 1.96 bits per heavy atom. The van der Waals surface area contributed by atoms with Crippen molar-refractivity contribution < 1.29 is 19.1 Å². The van der Waals surface area contributed by atoms with Gasteiger partial charge in [0.15, 0.2) is 0 Å². The van der Waals surface area contributed by atoms with Gasteiger partial charge in [-0.2, -0.15) is 0 Å². The smallest absolute Gasteiger partial charge is 0.310 e. The number of ether oxygens (including phenoxy) is 2. The Bertz CT molecular complexity index is 640. The molecule has 0 bridgehead atoms. The van der Waals surface area contributed by atoms with Crippen LogP contribution in [0, 0.1) is 23.2 Å². The summed E-state index contributed by atoms with van der Waals surface area (Å²) in [7, 11) is 0. The van der Waals surface area contributed by atoms with E-state index >= 15 is 0 Å². The molecule has 2 saturated carbocycles. The molecule has 1 spiro atoms. The van der Waals surface area contributed by atoms with Gasteiger partial charge in [0, 0.05) is 45.6 Å². The maximum atomic E-state index is 12.7. The molecule has 0 aromatic carbocycles. The summed E-state index contributed by atoms with van der Waals surface area (Å²) < 4.78 is 11.9. The highest BCUT2D eigenvalue weighted by Gasteiger charge is 2.65. The van der Waals surface area contributed by atoms with Crippen LogP contribution in [0.2, 0.25) is 0 Å². The minimum Gasteiger partial charge on any atom is -0.462 e. The molecule has 5 fully saturated rings. The number of carbonyl (C=O) groups is 2. The number of rotatable bonds is 2. The van der Waals surface area contributed by atoms with Gasteiger partial charge in [-0.1, -0.05) is 6.92 Å². The van der Waals surface area contributed by atoms with Crippen LogP contribution in [0.1, 0.15) is 46.0 Å². The second-order valence-electron chi connectivity index (χ2n) is 9.91. The molecule has 0 unspecified atom stereocenters. The topological polar surface area (TPSA) is 62.4 Å². The van der Waals surface area contributed by atoms with Gasteiger partial charge in [-0.25, -0.2) is 0 Å². The van der Waals surface area contributed by atoms with E-state index in [1.54, 1.807) is 6.92 Å². The van der Waals surface area contributed by atoms with E-state index in [4.69, 9.17) is 9.47 Å². The summed E-state index contributed by atoms with van der Waals surface area (Å²) in [6, 6.07) is 0. The lowest BCUT2D eigenvalue weighted by Gasteiger charge is -2.51. The standard InChI is InChI=1S/C21H32N2O4/c1-14(24)23-8-6-22(7-9-23)12-16-15-10-18-20(2,11-17(15)27-19(16)25)4-3-5-21(18)13-26-21/h15-18H,3-13H2,1-2H3/t15-,16+,17-,18+,20-,21-/m1/s1. The molecule has 3 saturated heterocycles. The van der Waals surface area contributed by atoms with E-state index in [0.717, 1.165) is 52.2 Å². The highest BCUT2D eigenvalue weighted by Crippen LogP contribution is 2.62. The minimum atomic E-state index is -0.0128. The molecule has 6 nitrogen and oxygen atoms in total. The van der Waals surface area contributed by atoms with Crippen molar-refractivity contribution in [3.8, 4) is 0 Å². The van der Waals surface area contributed by atoms with Gasteiger partial charge in [0.25, 0.3) is 0 Å². The summed E-state index contributed by atoms with van der Waals surface area (Å²) in [6.45, 7) is 8.97. The first-order chi connectivity index (χ1) is 12.9. The van der Waals surface area contributed by atoms with Crippen LogP contribution in [0.3, 0.4) is 0 Å². The summed E-state index contributed by atoms with van der Waals surface area (Å²) in [4.78, 5) is 28.5. The van der Waals surface area contributed by atoms with Crippen LogP contribution in [0.25, 0.3) is 0 Å². The second-order valence-corrected chi connectivity index (χ2v) is 9.91. The zero-order valence-corrected chi connectivity index (χ0v) is 16.6. The summed E-state index contributed by atoms with van der Waals surface area (Å²) in [6.07, 6.45) is 5.84. The van der Waals surface area contributed by atoms with E-state index in [9.17, 15) is 9.59 Å². The van der Waals surface area contributed by atoms with Crippen LogP contribution < -0.4 is 0 Å². The lowest BCUT2D eigenvalue weighted by Crippen LogP contribution is -2.52. The van der Waals surface area contributed by atoms with E-state index in [1.165, 1.54) is 19.3 Å². The SMILES string of the molecule is CC(=O)N1CCN(C[C@@H]2C(=O)O[C@@H]3C[C@@]4(C)CCC[C@@]5(CO5)[C@H]4C[C@H]23)CC1. The molecule has 0 radical (unpaired) electrons. The monoisotopic (exact) mass is 376 g/mol. The number of carbonyl (C=O) groups excluding carboxylic acids is 2. The largest absolute Gasteiger partial charge is 0.462 e. The maximum absolute atomic E-state index is 12.7. The number of amides is 1. The number of fused-ring (bicyclic) bond motifs is 3. The molecule has 1 amide bonds. The van der Waals surface area contributed by atoms with Gasteiger partial charge in [0.1, 0.15) is 6.10 Å². The molecule has 3 heterocycles. The van der Waals surface area contributed by atoms with Crippen molar-refractivity contribution in [2.24, 2.45) is 23.2 Å². The predicted octanol–water partition coefficient (Wildman–Crippen LogP) is 1.68. The number of hydrogen-bond acceptors (Lipinski definition) is 5. The summed E-state index contributed by atoms with van der Waals surface area (Å²) in [5.74, 6) is 1.05. The quantitative estimate of drug-likeness (QED) is 0.542. The van der Waals surface area contributed by atoms with Gasteiger partial charge >= 0.3 is 5.97 Å². The summed E-state index contributed by atoms with van der Waals surface area (Å²) >= 11 is 0.